The third kappa shape index (κ3) is 2.86. The fourth-order valence-electron chi connectivity index (χ4n) is 2.39. The number of rotatable bonds is 3. The lowest BCUT2D eigenvalue weighted by atomic mass is 10.0. The predicted molar refractivity (Wildman–Crippen MR) is 74.5 cm³/mol. The quantitative estimate of drug-likeness (QED) is 0.908. The van der Waals surface area contributed by atoms with Gasteiger partial charge in [0.1, 0.15) is 0 Å². The topological polar surface area (TPSA) is 75.0 Å². The third-order valence-corrected chi connectivity index (χ3v) is 3.58. The fraction of sp³-hybridized carbons (Fsp3) is 0.385. The Kier molecular flexibility index (Phi) is 3.75. The maximum absolute atomic E-state index is 10.2. The monoisotopic (exact) mass is 291 g/mol. The molecule has 0 unspecified atom stereocenters. The summed E-state index contributed by atoms with van der Waals surface area (Å²) in [5, 5.41) is 10.7. The molecule has 0 aliphatic carbocycles. The van der Waals surface area contributed by atoms with Crippen LogP contribution in [0.2, 0.25) is 5.02 Å². The minimum absolute atomic E-state index is 0.103. The number of aromatic nitrogens is 4. The number of aliphatic hydroxyl groups is 1. The molecule has 6 nitrogen and oxygen atoms in total. The Hall–Kier alpha value is -1.79. The molecule has 0 aromatic carbocycles. The number of anilines is 1. The number of hydrogen-bond donors (Lipinski definition) is 1. The number of aliphatic hydroxyl groups excluding tert-OH is 1. The normalized spacial score (nSPS) is 22.2. The zero-order chi connectivity index (χ0) is 13.9. The van der Waals surface area contributed by atoms with Crippen LogP contribution in [0.3, 0.4) is 0 Å². The molecular formula is C13H14ClN5O. The Balaban J connectivity index is 1.69. The summed E-state index contributed by atoms with van der Waals surface area (Å²) in [6.45, 7) is 1.21. The molecule has 3 heterocycles. The van der Waals surface area contributed by atoms with Crippen LogP contribution in [0.1, 0.15) is 5.69 Å². The highest BCUT2D eigenvalue weighted by molar-refractivity contribution is 6.30. The molecule has 1 fully saturated rings. The average molecular weight is 292 g/mol. The molecule has 104 valence electrons. The zero-order valence-electron chi connectivity index (χ0n) is 10.7. The summed E-state index contributed by atoms with van der Waals surface area (Å²) in [5.74, 6) is 0.695. The van der Waals surface area contributed by atoms with Crippen LogP contribution in [0.4, 0.5) is 5.95 Å². The van der Waals surface area contributed by atoms with Crippen LogP contribution in [0.15, 0.2) is 31.0 Å². The maximum Gasteiger partial charge on any atom is 0.225 e. The first-order chi connectivity index (χ1) is 9.72. The molecule has 2 aromatic rings. The molecule has 3 rings (SSSR count). The molecule has 1 N–H and O–H groups in total. The van der Waals surface area contributed by atoms with E-state index in [4.69, 9.17) is 11.6 Å². The van der Waals surface area contributed by atoms with Gasteiger partial charge in [-0.15, -0.1) is 0 Å². The van der Waals surface area contributed by atoms with Crippen molar-refractivity contribution < 1.29 is 5.11 Å². The van der Waals surface area contributed by atoms with E-state index in [1.165, 1.54) is 0 Å². The summed E-state index contributed by atoms with van der Waals surface area (Å²) in [6.07, 6.45) is 8.43. The fourth-order valence-corrected chi connectivity index (χ4v) is 2.49. The molecule has 7 heteroatoms. The molecule has 1 aliphatic rings. The van der Waals surface area contributed by atoms with Crippen LogP contribution in [0.25, 0.3) is 0 Å². The summed E-state index contributed by atoms with van der Waals surface area (Å²) in [7, 11) is 0. The molecule has 0 spiro atoms. The minimum atomic E-state index is -0.420. The predicted octanol–water partition coefficient (Wildman–Crippen LogP) is 0.960. The van der Waals surface area contributed by atoms with Gasteiger partial charge < -0.3 is 10.0 Å². The Morgan fingerprint density at radius 1 is 1.15 bits per heavy atom. The second-order valence-electron chi connectivity index (χ2n) is 4.83. The van der Waals surface area contributed by atoms with E-state index < -0.39 is 6.10 Å². The van der Waals surface area contributed by atoms with Gasteiger partial charge in [-0.3, -0.25) is 9.97 Å². The van der Waals surface area contributed by atoms with Crippen molar-refractivity contribution in [3.63, 3.8) is 0 Å². The van der Waals surface area contributed by atoms with E-state index in [0.717, 1.165) is 5.69 Å². The highest BCUT2D eigenvalue weighted by atomic mass is 35.5. The third-order valence-electron chi connectivity index (χ3n) is 3.38. The first kappa shape index (κ1) is 13.2. The van der Waals surface area contributed by atoms with Gasteiger partial charge >= 0.3 is 0 Å². The van der Waals surface area contributed by atoms with Crippen molar-refractivity contribution in [1.82, 2.24) is 19.9 Å². The van der Waals surface area contributed by atoms with Crippen molar-refractivity contribution in [2.45, 2.75) is 12.5 Å². The SMILES string of the molecule is O[C@@H]1CN(c2ncc(Cl)cn2)C[C@H]1Cc1cnccn1. The van der Waals surface area contributed by atoms with E-state index in [9.17, 15) is 5.11 Å². The first-order valence-electron chi connectivity index (χ1n) is 6.38. The van der Waals surface area contributed by atoms with E-state index >= 15 is 0 Å². The zero-order valence-corrected chi connectivity index (χ0v) is 11.5. The van der Waals surface area contributed by atoms with E-state index in [-0.39, 0.29) is 5.92 Å². The van der Waals surface area contributed by atoms with Crippen LogP contribution in [0.5, 0.6) is 0 Å². The van der Waals surface area contributed by atoms with E-state index in [0.29, 0.717) is 30.5 Å². The van der Waals surface area contributed by atoms with Crippen molar-refractivity contribution in [3.05, 3.63) is 41.7 Å². The molecule has 20 heavy (non-hydrogen) atoms. The van der Waals surface area contributed by atoms with Gasteiger partial charge in [0, 0.05) is 37.6 Å². The van der Waals surface area contributed by atoms with Crippen LogP contribution in [-0.4, -0.2) is 44.2 Å². The van der Waals surface area contributed by atoms with Gasteiger partial charge in [-0.05, 0) is 6.42 Å². The van der Waals surface area contributed by atoms with Gasteiger partial charge in [0.05, 0.1) is 29.2 Å². The van der Waals surface area contributed by atoms with Crippen molar-refractivity contribution in [1.29, 1.82) is 0 Å². The summed E-state index contributed by atoms with van der Waals surface area (Å²) < 4.78 is 0. The van der Waals surface area contributed by atoms with Gasteiger partial charge in [-0.1, -0.05) is 11.6 Å². The van der Waals surface area contributed by atoms with Gasteiger partial charge in [-0.2, -0.15) is 0 Å². The maximum atomic E-state index is 10.2. The standard InChI is InChI=1S/C13H14ClN5O/c14-10-4-17-13(18-5-10)19-7-9(12(20)8-19)3-11-6-15-1-2-16-11/h1-2,4-6,9,12,20H,3,7-8H2/t9-,12-/m1/s1. The number of nitrogens with zero attached hydrogens (tertiary/aromatic N) is 5. The van der Waals surface area contributed by atoms with Crippen LogP contribution >= 0.6 is 11.6 Å². The van der Waals surface area contributed by atoms with E-state index in [2.05, 4.69) is 19.9 Å². The lowest BCUT2D eigenvalue weighted by molar-refractivity contribution is 0.147. The summed E-state index contributed by atoms with van der Waals surface area (Å²) in [4.78, 5) is 18.6. The van der Waals surface area contributed by atoms with Crippen molar-refractivity contribution >= 4 is 17.5 Å². The lowest BCUT2D eigenvalue weighted by Crippen LogP contribution is -2.23. The van der Waals surface area contributed by atoms with E-state index in [1.807, 2.05) is 4.90 Å². The Morgan fingerprint density at radius 3 is 2.65 bits per heavy atom. The molecule has 0 radical (unpaired) electrons. The molecule has 0 amide bonds. The number of β-amino-alcohol motifs (C(OH)–C–C–N with tert-alkyl or cyclic N) is 1. The van der Waals surface area contributed by atoms with Gasteiger partial charge in [0.2, 0.25) is 5.95 Å². The van der Waals surface area contributed by atoms with E-state index in [1.54, 1.807) is 31.0 Å². The number of halogens is 1. The summed E-state index contributed by atoms with van der Waals surface area (Å²) in [5.41, 5.74) is 0.885. The summed E-state index contributed by atoms with van der Waals surface area (Å²) >= 11 is 5.77. The van der Waals surface area contributed by atoms with Gasteiger partial charge in [-0.25, -0.2) is 9.97 Å². The minimum Gasteiger partial charge on any atom is -0.391 e. The molecule has 1 saturated heterocycles. The Bertz CT molecular complexity index is 565. The largest absolute Gasteiger partial charge is 0.391 e. The van der Waals surface area contributed by atoms with Crippen molar-refractivity contribution in [3.8, 4) is 0 Å². The highest BCUT2D eigenvalue weighted by Crippen LogP contribution is 2.24. The van der Waals surface area contributed by atoms with Crippen LogP contribution in [-0.2, 0) is 6.42 Å². The Morgan fingerprint density at radius 2 is 1.95 bits per heavy atom. The lowest BCUT2D eigenvalue weighted by Gasteiger charge is -2.15. The molecule has 0 bridgehead atoms. The second-order valence-corrected chi connectivity index (χ2v) is 5.27. The van der Waals surface area contributed by atoms with Crippen LogP contribution in [0, 0.1) is 5.92 Å². The Labute approximate surface area is 121 Å². The smallest absolute Gasteiger partial charge is 0.225 e. The molecular weight excluding hydrogens is 278 g/mol. The second kappa shape index (κ2) is 5.68. The average Bonchev–Trinajstić information content (AvgIpc) is 2.82. The molecule has 1 aliphatic heterocycles. The highest BCUT2D eigenvalue weighted by Gasteiger charge is 2.32. The van der Waals surface area contributed by atoms with Crippen molar-refractivity contribution in [2.24, 2.45) is 5.92 Å². The molecule has 2 atom stereocenters. The van der Waals surface area contributed by atoms with Crippen LogP contribution < -0.4 is 4.90 Å². The summed E-state index contributed by atoms with van der Waals surface area (Å²) in [6, 6.07) is 0. The first-order valence-corrected chi connectivity index (χ1v) is 6.75. The molecule has 2 aromatic heterocycles. The molecule has 0 saturated carbocycles. The van der Waals surface area contributed by atoms with Gasteiger partial charge in [0.15, 0.2) is 0 Å². The van der Waals surface area contributed by atoms with Gasteiger partial charge in [0.25, 0.3) is 0 Å². The van der Waals surface area contributed by atoms with Crippen molar-refractivity contribution in [2.75, 3.05) is 18.0 Å². The number of hydrogen-bond acceptors (Lipinski definition) is 6.